The number of rotatable bonds is 5. The van der Waals surface area contributed by atoms with E-state index in [0.29, 0.717) is 0 Å². The summed E-state index contributed by atoms with van der Waals surface area (Å²) in [6.45, 7) is 4.96. The molecule has 0 saturated carbocycles. The molecule has 0 spiro atoms. The number of amides is 2. The Labute approximate surface area is 123 Å². The second-order valence-electron chi connectivity index (χ2n) is 5.35. The van der Waals surface area contributed by atoms with Gasteiger partial charge in [-0.05, 0) is 12.0 Å². The summed E-state index contributed by atoms with van der Waals surface area (Å²) in [5, 5.41) is 2.59. The zero-order valence-electron chi connectivity index (χ0n) is 12.6. The van der Waals surface area contributed by atoms with E-state index in [4.69, 9.17) is 0 Å². The Morgan fingerprint density at radius 2 is 1.90 bits per heavy atom. The molecule has 1 aromatic rings. The molecule has 0 fully saturated rings. The fourth-order valence-corrected chi connectivity index (χ4v) is 1.95. The average Bonchev–Trinajstić information content (AvgIpc) is 2.37. The third-order valence-electron chi connectivity index (χ3n) is 3.09. The van der Waals surface area contributed by atoms with Crippen LogP contribution in [-0.2, 0) is 16.1 Å². The normalized spacial score (nSPS) is 12.1. The molecule has 0 saturated heterocycles. The Kier molecular flexibility index (Phi) is 5.81. The molecule has 0 aliphatic heterocycles. The van der Waals surface area contributed by atoms with Gasteiger partial charge in [0, 0.05) is 32.1 Å². The zero-order chi connectivity index (χ0) is 16.2. The maximum Gasteiger partial charge on any atom is 0.245 e. The number of carbonyl (C=O) groups excluding carboxylic acids is 2. The van der Waals surface area contributed by atoms with E-state index in [0.717, 1.165) is 12.1 Å². The molecule has 0 aliphatic carbocycles. The molecule has 116 valence electrons. The van der Waals surface area contributed by atoms with E-state index in [2.05, 4.69) is 5.32 Å². The molecule has 1 aromatic carbocycles. The van der Waals surface area contributed by atoms with E-state index < -0.39 is 17.7 Å². The van der Waals surface area contributed by atoms with Crippen LogP contribution in [0.5, 0.6) is 0 Å². The van der Waals surface area contributed by atoms with Crippen molar-refractivity contribution in [3.8, 4) is 0 Å². The van der Waals surface area contributed by atoms with Crippen molar-refractivity contribution in [1.29, 1.82) is 0 Å². The van der Waals surface area contributed by atoms with Gasteiger partial charge in [-0.1, -0.05) is 19.9 Å². The first kappa shape index (κ1) is 17.1. The molecule has 0 radical (unpaired) electrons. The number of nitrogens with zero attached hydrogens (tertiary/aromatic N) is 1. The summed E-state index contributed by atoms with van der Waals surface area (Å²) in [5.41, 5.74) is 0.220. The van der Waals surface area contributed by atoms with Crippen LogP contribution in [-0.4, -0.2) is 29.8 Å². The fraction of sp³-hybridized carbons (Fsp3) is 0.467. The van der Waals surface area contributed by atoms with Crippen LogP contribution in [0.4, 0.5) is 8.78 Å². The lowest BCUT2D eigenvalue weighted by Crippen LogP contribution is -2.49. The van der Waals surface area contributed by atoms with Gasteiger partial charge in [-0.15, -0.1) is 0 Å². The molecule has 2 amide bonds. The van der Waals surface area contributed by atoms with E-state index in [1.54, 1.807) is 0 Å². The van der Waals surface area contributed by atoms with E-state index >= 15 is 0 Å². The van der Waals surface area contributed by atoms with Crippen LogP contribution in [0.3, 0.4) is 0 Å². The maximum atomic E-state index is 13.6. The van der Waals surface area contributed by atoms with Crippen molar-refractivity contribution < 1.29 is 18.4 Å². The average molecular weight is 298 g/mol. The Morgan fingerprint density at radius 3 is 2.38 bits per heavy atom. The monoisotopic (exact) mass is 298 g/mol. The summed E-state index contributed by atoms with van der Waals surface area (Å²) < 4.78 is 26.4. The van der Waals surface area contributed by atoms with Crippen molar-refractivity contribution >= 4 is 11.8 Å². The lowest BCUT2D eigenvalue weighted by atomic mass is 10.0. The minimum Gasteiger partial charge on any atom is -0.344 e. The van der Waals surface area contributed by atoms with Crippen LogP contribution >= 0.6 is 0 Å². The number of nitrogens with one attached hydrogen (secondary N) is 1. The molecular weight excluding hydrogens is 278 g/mol. The first-order valence-electron chi connectivity index (χ1n) is 6.68. The van der Waals surface area contributed by atoms with Crippen molar-refractivity contribution in [1.82, 2.24) is 10.2 Å². The predicted octanol–water partition coefficient (Wildman–Crippen LogP) is 2.08. The van der Waals surface area contributed by atoms with E-state index in [1.165, 1.54) is 24.9 Å². The van der Waals surface area contributed by atoms with Crippen LogP contribution < -0.4 is 5.32 Å². The first-order chi connectivity index (χ1) is 9.72. The summed E-state index contributed by atoms with van der Waals surface area (Å²) in [6, 6.07) is 2.55. The van der Waals surface area contributed by atoms with E-state index in [-0.39, 0.29) is 29.8 Å². The molecule has 0 aromatic heterocycles. The summed E-state index contributed by atoms with van der Waals surface area (Å²) >= 11 is 0. The predicted molar refractivity (Wildman–Crippen MR) is 75.3 cm³/mol. The van der Waals surface area contributed by atoms with Gasteiger partial charge >= 0.3 is 0 Å². The van der Waals surface area contributed by atoms with Crippen LogP contribution in [0.15, 0.2) is 18.2 Å². The van der Waals surface area contributed by atoms with Gasteiger partial charge in [0.25, 0.3) is 0 Å². The standard InChI is InChI=1S/C15H20F2N2O2/c1-9(2)14(18-10(3)20)15(21)19(4)8-11-5-6-12(16)7-13(11)17/h5-7,9,14H,8H2,1-4H3,(H,18,20)/t14-/m0/s1. The Hall–Kier alpha value is -1.98. The van der Waals surface area contributed by atoms with Gasteiger partial charge in [0.05, 0.1) is 0 Å². The van der Waals surface area contributed by atoms with E-state index in [9.17, 15) is 18.4 Å². The fourth-order valence-electron chi connectivity index (χ4n) is 1.95. The minimum absolute atomic E-state index is 0.00769. The van der Waals surface area contributed by atoms with Gasteiger partial charge in [-0.2, -0.15) is 0 Å². The number of benzene rings is 1. The number of halogens is 2. The quantitative estimate of drug-likeness (QED) is 0.905. The molecule has 6 heteroatoms. The Bertz CT molecular complexity index is 532. The lowest BCUT2D eigenvalue weighted by Gasteiger charge is -2.26. The highest BCUT2D eigenvalue weighted by molar-refractivity contribution is 5.86. The number of hydrogen-bond acceptors (Lipinski definition) is 2. The van der Waals surface area contributed by atoms with Crippen LogP contribution in [0.25, 0.3) is 0 Å². The maximum absolute atomic E-state index is 13.6. The van der Waals surface area contributed by atoms with Crippen LogP contribution in [0.1, 0.15) is 26.3 Å². The molecule has 1 rings (SSSR count). The van der Waals surface area contributed by atoms with Gasteiger partial charge in [0.1, 0.15) is 17.7 Å². The van der Waals surface area contributed by atoms with Gasteiger partial charge in [-0.25, -0.2) is 8.78 Å². The zero-order valence-corrected chi connectivity index (χ0v) is 12.6. The number of hydrogen-bond donors (Lipinski definition) is 1. The van der Waals surface area contributed by atoms with Crippen molar-refractivity contribution in [2.24, 2.45) is 5.92 Å². The van der Waals surface area contributed by atoms with E-state index in [1.807, 2.05) is 13.8 Å². The van der Waals surface area contributed by atoms with Gasteiger partial charge in [0.2, 0.25) is 11.8 Å². The van der Waals surface area contributed by atoms with Gasteiger partial charge in [-0.3, -0.25) is 9.59 Å². The largest absolute Gasteiger partial charge is 0.344 e. The Morgan fingerprint density at radius 1 is 1.29 bits per heavy atom. The third kappa shape index (κ3) is 4.81. The van der Waals surface area contributed by atoms with Gasteiger partial charge in [0.15, 0.2) is 0 Å². The third-order valence-corrected chi connectivity index (χ3v) is 3.09. The minimum atomic E-state index is -0.699. The topological polar surface area (TPSA) is 49.4 Å². The Balaban J connectivity index is 2.83. The highest BCUT2D eigenvalue weighted by Gasteiger charge is 2.26. The smallest absolute Gasteiger partial charge is 0.245 e. The molecule has 1 atom stereocenters. The second kappa shape index (κ2) is 7.15. The molecule has 4 nitrogen and oxygen atoms in total. The number of likely N-dealkylation sites (N-methyl/N-ethyl adjacent to an activating group) is 1. The molecule has 0 heterocycles. The molecule has 1 N–H and O–H groups in total. The molecule has 0 bridgehead atoms. The van der Waals surface area contributed by atoms with Crippen LogP contribution in [0, 0.1) is 17.6 Å². The highest BCUT2D eigenvalue weighted by Crippen LogP contribution is 2.13. The second-order valence-corrected chi connectivity index (χ2v) is 5.35. The lowest BCUT2D eigenvalue weighted by molar-refractivity contribution is -0.136. The summed E-state index contributed by atoms with van der Waals surface area (Å²) in [7, 11) is 1.52. The van der Waals surface area contributed by atoms with Crippen molar-refractivity contribution in [3.63, 3.8) is 0 Å². The highest BCUT2D eigenvalue weighted by atomic mass is 19.1. The molecular formula is C15H20F2N2O2. The van der Waals surface area contributed by atoms with Crippen molar-refractivity contribution in [2.75, 3.05) is 7.05 Å². The molecule has 0 unspecified atom stereocenters. The van der Waals surface area contributed by atoms with Crippen molar-refractivity contribution in [3.05, 3.63) is 35.4 Å². The SMILES string of the molecule is CC(=O)N[C@H](C(=O)N(C)Cc1ccc(F)cc1F)C(C)C. The summed E-state index contributed by atoms with van der Waals surface area (Å²) in [5.74, 6) is -2.08. The first-order valence-corrected chi connectivity index (χ1v) is 6.68. The van der Waals surface area contributed by atoms with Crippen molar-refractivity contribution in [2.45, 2.75) is 33.4 Å². The van der Waals surface area contributed by atoms with Gasteiger partial charge < -0.3 is 10.2 Å². The number of carbonyl (C=O) groups is 2. The summed E-state index contributed by atoms with van der Waals surface area (Å²) in [4.78, 5) is 24.8. The molecule has 21 heavy (non-hydrogen) atoms. The summed E-state index contributed by atoms with van der Waals surface area (Å²) in [6.07, 6.45) is 0. The molecule has 0 aliphatic rings. The van der Waals surface area contributed by atoms with Crippen LogP contribution in [0.2, 0.25) is 0 Å².